The zero-order chi connectivity index (χ0) is 14.2. The lowest BCUT2D eigenvalue weighted by molar-refractivity contribution is -0.135. The van der Waals surface area contributed by atoms with Gasteiger partial charge in [0.15, 0.2) is 0 Å². The topological polar surface area (TPSA) is 54.0 Å². The monoisotopic (exact) mass is 285 g/mol. The van der Waals surface area contributed by atoms with Gasteiger partial charge in [-0.25, -0.2) is 0 Å². The fourth-order valence-electron chi connectivity index (χ4n) is 2.62. The Morgan fingerprint density at radius 3 is 2.80 bits per heavy atom. The molecule has 1 amide bonds. The van der Waals surface area contributed by atoms with Gasteiger partial charge in [0.2, 0.25) is 5.91 Å². The highest BCUT2D eigenvalue weighted by atomic mass is 16.5. The molecule has 2 heterocycles. The van der Waals surface area contributed by atoms with Crippen LogP contribution in [0, 0.1) is 0 Å². The molecule has 0 spiro atoms. The Kier molecular flexibility index (Phi) is 6.72. The van der Waals surface area contributed by atoms with Gasteiger partial charge in [0.25, 0.3) is 0 Å². The average Bonchev–Trinajstić information content (AvgIpc) is 2.52. The number of amides is 1. The quantitative estimate of drug-likeness (QED) is 0.670. The lowest BCUT2D eigenvalue weighted by Crippen LogP contribution is -2.47. The molecule has 2 aliphatic heterocycles. The third-order valence-electron chi connectivity index (χ3n) is 3.92. The number of carbonyl (C=O) groups is 1. The molecule has 2 fully saturated rings. The van der Waals surface area contributed by atoms with Crippen LogP contribution >= 0.6 is 0 Å². The molecule has 1 atom stereocenters. The van der Waals surface area contributed by atoms with Crippen molar-refractivity contribution in [3.63, 3.8) is 0 Å². The van der Waals surface area contributed by atoms with Crippen LogP contribution in [0.25, 0.3) is 0 Å². The van der Waals surface area contributed by atoms with Crippen LogP contribution < -0.4 is 5.32 Å². The maximum absolute atomic E-state index is 11.9. The van der Waals surface area contributed by atoms with Crippen molar-refractivity contribution in [3.05, 3.63) is 0 Å². The highest BCUT2D eigenvalue weighted by Crippen LogP contribution is 2.04. The van der Waals surface area contributed by atoms with Crippen molar-refractivity contribution in [2.24, 2.45) is 0 Å². The molecule has 0 bridgehead atoms. The summed E-state index contributed by atoms with van der Waals surface area (Å²) in [4.78, 5) is 16.2. The van der Waals surface area contributed by atoms with Gasteiger partial charge in [-0.05, 0) is 6.54 Å². The standard InChI is InChI=1S/C14H27N3O3/c1-2-16-5-10-20-13(12-16)11-15-4-3-14(18)17-6-8-19-9-7-17/h13,15H,2-12H2,1H3. The Balaban J connectivity index is 1.55. The summed E-state index contributed by atoms with van der Waals surface area (Å²) in [6.45, 7) is 10.4. The Labute approximate surface area is 121 Å². The molecule has 20 heavy (non-hydrogen) atoms. The maximum Gasteiger partial charge on any atom is 0.224 e. The fraction of sp³-hybridized carbons (Fsp3) is 0.929. The van der Waals surface area contributed by atoms with Crippen molar-refractivity contribution >= 4 is 5.91 Å². The van der Waals surface area contributed by atoms with Crippen LogP contribution in [0.3, 0.4) is 0 Å². The van der Waals surface area contributed by atoms with E-state index in [9.17, 15) is 4.79 Å². The predicted molar refractivity (Wildman–Crippen MR) is 76.7 cm³/mol. The average molecular weight is 285 g/mol. The number of carbonyl (C=O) groups excluding carboxylic acids is 1. The minimum absolute atomic E-state index is 0.223. The van der Waals surface area contributed by atoms with Crippen molar-refractivity contribution in [1.29, 1.82) is 0 Å². The molecule has 0 saturated carbocycles. The normalized spacial score (nSPS) is 24.9. The molecule has 6 nitrogen and oxygen atoms in total. The van der Waals surface area contributed by atoms with Gasteiger partial charge in [-0.2, -0.15) is 0 Å². The molecule has 6 heteroatoms. The largest absolute Gasteiger partial charge is 0.378 e. The van der Waals surface area contributed by atoms with Gasteiger partial charge in [0.1, 0.15) is 0 Å². The van der Waals surface area contributed by atoms with Crippen molar-refractivity contribution in [1.82, 2.24) is 15.1 Å². The highest BCUT2D eigenvalue weighted by Gasteiger charge is 2.19. The van der Waals surface area contributed by atoms with Crippen LogP contribution in [0.2, 0.25) is 0 Å². The summed E-state index contributed by atoms with van der Waals surface area (Å²) in [5, 5.41) is 3.34. The summed E-state index contributed by atoms with van der Waals surface area (Å²) in [5.74, 6) is 0.223. The molecule has 1 unspecified atom stereocenters. The number of morpholine rings is 2. The van der Waals surface area contributed by atoms with Crippen LogP contribution in [0.4, 0.5) is 0 Å². The van der Waals surface area contributed by atoms with E-state index >= 15 is 0 Å². The third-order valence-corrected chi connectivity index (χ3v) is 3.92. The maximum atomic E-state index is 11.9. The fourth-order valence-corrected chi connectivity index (χ4v) is 2.62. The summed E-state index contributed by atoms with van der Waals surface area (Å²) in [5.41, 5.74) is 0. The molecule has 0 radical (unpaired) electrons. The molecule has 2 saturated heterocycles. The number of nitrogens with one attached hydrogen (secondary N) is 1. The molecule has 1 N–H and O–H groups in total. The number of rotatable bonds is 6. The van der Waals surface area contributed by atoms with E-state index in [1.807, 2.05) is 4.90 Å². The van der Waals surface area contributed by atoms with E-state index in [1.165, 1.54) is 0 Å². The summed E-state index contributed by atoms with van der Waals surface area (Å²) in [6, 6.07) is 0. The minimum atomic E-state index is 0.223. The van der Waals surface area contributed by atoms with E-state index in [0.29, 0.717) is 19.6 Å². The molecule has 0 aromatic carbocycles. The molecule has 2 rings (SSSR count). The number of likely N-dealkylation sites (N-methyl/N-ethyl adjacent to an activating group) is 1. The first-order valence-corrected chi connectivity index (χ1v) is 7.69. The SMILES string of the molecule is CCN1CCOC(CNCCC(=O)N2CCOCC2)C1. The van der Waals surface area contributed by atoms with Gasteiger partial charge >= 0.3 is 0 Å². The van der Waals surface area contributed by atoms with Crippen LogP contribution in [0.15, 0.2) is 0 Å². The number of hydrogen-bond donors (Lipinski definition) is 1. The third kappa shape index (κ3) is 5.01. The second-order valence-corrected chi connectivity index (χ2v) is 5.33. The second kappa shape index (κ2) is 8.56. The van der Waals surface area contributed by atoms with Gasteiger partial charge in [-0.3, -0.25) is 9.69 Å². The van der Waals surface area contributed by atoms with E-state index in [-0.39, 0.29) is 12.0 Å². The summed E-state index contributed by atoms with van der Waals surface area (Å²) < 4.78 is 11.0. The summed E-state index contributed by atoms with van der Waals surface area (Å²) >= 11 is 0. The van der Waals surface area contributed by atoms with E-state index in [2.05, 4.69) is 17.1 Å². The molecular weight excluding hydrogens is 258 g/mol. The van der Waals surface area contributed by atoms with E-state index < -0.39 is 0 Å². The van der Waals surface area contributed by atoms with Crippen molar-refractivity contribution in [3.8, 4) is 0 Å². The lowest BCUT2D eigenvalue weighted by Gasteiger charge is -2.32. The number of hydrogen-bond acceptors (Lipinski definition) is 5. The molecule has 116 valence electrons. The molecule has 0 aromatic heterocycles. The van der Waals surface area contributed by atoms with Crippen LogP contribution in [0.5, 0.6) is 0 Å². The van der Waals surface area contributed by atoms with Crippen molar-refractivity contribution in [2.75, 3.05) is 65.6 Å². The van der Waals surface area contributed by atoms with E-state index in [0.717, 1.165) is 52.4 Å². The van der Waals surface area contributed by atoms with Crippen molar-refractivity contribution in [2.45, 2.75) is 19.4 Å². The zero-order valence-electron chi connectivity index (χ0n) is 12.5. The Morgan fingerprint density at radius 1 is 1.25 bits per heavy atom. The summed E-state index contributed by atoms with van der Waals surface area (Å²) in [7, 11) is 0. The number of nitrogens with zero attached hydrogens (tertiary/aromatic N) is 2. The van der Waals surface area contributed by atoms with E-state index in [4.69, 9.17) is 9.47 Å². The number of ether oxygens (including phenoxy) is 2. The first-order chi connectivity index (χ1) is 9.79. The lowest BCUT2D eigenvalue weighted by atomic mass is 10.2. The van der Waals surface area contributed by atoms with Gasteiger partial charge in [0.05, 0.1) is 25.9 Å². The van der Waals surface area contributed by atoms with Gasteiger partial charge in [-0.15, -0.1) is 0 Å². The Hall–Kier alpha value is -0.690. The van der Waals surface area contributed by atoms with E-state index in [1.54, 1.807) is 0 Å². The molecule has 0 aliphatic carbocycles. The first-order valence-electron chi connectivity index (χ1n) is 7.69. The van der Waals surface area contributed by atoms with Crippen LogP contribution in [-0.2, 0) is 14.3 Å². The smallest absolute Gasteiger partial charge is 0.224 e. The van der Waals surface area contributed by atoms with Crippen molar-refractivity contribution < 1.29 is 14.3 Å². The molecule has 2 aliphatic rings. The van der Waals surface area contributed by atoms with Crippen LogP contribution in [0.1, 0.15) is 13.3 Å². The Bertz CT molecular complexity index is 295. The first kappa shape index (κ1) is 15.7. The van der Waals surface area contributed by atoms with Gasteiger partial charge in [0, 0.05) is 45.7 Å². The van der Waals surface area contributed by atoms with Crippen LogP contribution in [-0.4, -0.2) is 87.4 Å². The minimum Gasteiger partial charge on any atom is -0.378 e. The molecule has 0 aromatic rings. The predicted octanol–water partition coefficient (Wildman–Crippen LogP) is -0.454. The highest BCUT2D eigenvalue weighted by molar-refractivity contribution is 5.76. The second-order valence-electron chi connectivity index (χ2n) is 5.33. The van der Waals surface area contributed by atoms with Gasteiger partial charge in [-0.1, -0.05) is 6.92 Å². The Morgan fingerprint density at radius 2 is 2.05 bits per heavy atom. The zero-order valence-corrected chi connectivity index (χ0v) is 12.5. The molecular formula is C14H27N3O3. The van der Waals surface area contributed by atoms with Gasteiger partial charge < -0.3 is 19.7 Å². The summed E-state index contributed by atoms with van der Waals surface area (Å²) in [6.07, 6.45) is 0.812.